The summed E-state index contributed by atoms with van der Waals surface area (Å²) in [7, 11) is -3.57. The molecule has 21 heavy (non-hydrogen) atoms. The summed E-state index contributed by atoms with van der Waals surface area (Å²) in [5.74, 6) is -0.0172. The Bertz CT molecular complexity index is 588. The summed E-state index contributed by atoms with van der Waals surface area (Å²) in [4.78, 5) is -0.0391. The van der Waals surface area contributed by atoms with Crippen LogP contribution in [0, 0.1) is 5.41 Å². The maximum absolute atomic E-state index is 12.5. The van der Waals surface area contributed by atoms with E-state index < -0.39 is 21.6 Å². The van der Waals surface area contributed by atoms with Gasteiger partial charge in [-0.15, -0.1) is 0 Å². The zero-order valence-electron chi connectivity index (χ0n) is 11.3. The zero-order valence-corrected chi connectivity index (χ0v) is 13.7. The predicted molar refractivity (Wildman–Crippen MR) is 78.2 cm³/mol. The van der Waals surface area contributed by atoms with Gasteiger partial charge < -0.3 is 0 Å². The third-order valence-corrected chi connectivity index (χ3v) is 7.16. The minimum Gasteiger partial charge on any atom is -0.224 e. The van der Waals surface area contributed by atoms with E-state index in [9.17, 15) is 21.6 Å². The molecule has 1 aliphatic rings. The highest BCUT2D eigenvalue weighted by molar-refractivity contribution is 9.09. The molecule has 0 heterocycles. The van der Waals surface area contributed by atoms with Crippen LogP contribution in [-0.2, 0) is 16.0 Å². The lowest BCUT2D eigenvalue weighted by Gasteiger charge is -2.26. The van der Waals surface area contributed by atoms with Crippen molar-refractivity contribution in [1.82, 2.24) is 0 Å². The van der Waals surface area contributed by atoms with Crippen molar-refractivity contribution in [3.63, 3.8) is 0 Å². The molecule has 118 valence electrons. The lowest BCUT2D eigenvalue weighted by atomic mass is 9.92. The molecule has 0 saturated heterocycles. The number of hydrogen-bond donors (Lipinski definition) is 0. The molecule has 0 spiro atoms. The van der Waals surface area contributed by atoms with Crippen molar-refractivity contribution in [2.24, 2.45) is 5.41 Å². The molecular formula is C14H16BrF3O2S. The van der Waals surface area contributed by atoms with E-state index in [-0.39, 0.29) is 16.1 Å². The molecule has 1 aromatic rings. The van der Waals surface area contributed by atoms with E-state index in [1.807, 2.05) is 0 Å². The molecule has 0 aliphatic heterocycles. The SMILES string of the molecule is O=S(=O)(CC1(CBr)CCCC1)c1ccc(C(F)(F)F)cc1. The first-order valence-electron chi connectivity index (χ1n) is 6.65. The van der Waals surface area contributed by atoms with Gasteiger partial charge in [-0.2, -0.15) is 13.2 Å². The molecule has 0 bridgehead atoms. The van der Waals surface area contributed by atoms with Crippen LogP contribution in [0.2, 0.25) is 0 Å². The molecule has 0 unspecified atom stereocenters. The van der Waals surface area contributed by atoms with Crippen LogP contribution in [0.5, 0.6) is 0 Å². The number of sulfone groups is 1. The Morgan fingerprint density at radius 2 is 1.62 bits per heavy atom. The molecule has 1 aliphatic carbocycles. The average Bonchev–Trinajstić information content (AvgIpc) is 2.86. The second kappa shape index (κ2) is 5.91. The van der Waals surface area contributed by atoms with Crippen LogP contribution < -0.4 is 0 Å². The maximum Gasteiger partial charge on any atom is 0.416 e. The fourth-order valence-corrected chi connectivity index (χ4v) is 5.72. The highest BCUT2D eigenvalue weighted by Gasteiger charge is 2.38. The van der Waals surface area contributed by atoms with Crippen molar-refractivity contribution < 1.29 is 21.6 Å². The minimum atomic E-state index is -4.45. The normalized spacial score (nSPS) is 18.9. The Kier molecular flexibility index (Phi) is 4.73. The van der Waals surface area contributed by atoms with E-state index >= 15 is 0 Å². The van der Waals surface area contributed by atoms with Crippen LogP contribution in [0.4, 0.5) is 13.2 Å². The van der Waals surface area contributed by atoms with Gasteiger partial charge in [-0.25, -0.2) is 8.42 Å². The number of benzene rings is 1. The topological polar surface area (TPSA) is 34.1 Å². The van der Waals surface area contributed by atoms with Crippen molar-refractivity contribution in [3.05, 3.63) is 29.8 Å². The van der Waals surface area contributed by atoms with E-state index in [0.717, 1.165) is 49.9 Å². The maximum atomic E-state index is 12.5. The van der Waals surface area contributed by atoms with Gasteiger partial charge in [0.15, 0.2) is 9.84 Å². The second-order valence-electron chi connectivity index (χ2n) is 5.62. The third-order valence-electron chi connectivity index (χ3n) is 3.98. The summed E-state index contributed by atoms with van der Waals surface area (Å²) in [6, 6.07) is 3.74. The monoisotopic (exact) mass is 384 g/mol. The lowest BCUT2D eigenvalue weighted by molar-refractivity contribution is -0.137. The zero-order chi connectivity index (χ0) is 15.7. The first-order valence-corrected chi connectivity index (χ1v) is 9.42. The van der Waals surface area contributed by atoms with Gasteiger partial charge in [0.05, 0.1) is 16.2 Å². The van der Waals surface area contributed by atoms with Gasteiger partial charge in [-0.3, -0.25) is 0 Å². The molecule has 0 aromatic heterocycles. The number of hydrogen-bond acceptors (Lipinski definition) is 2. The lowest BCUT2D eigenvalue weighted by Crippen LogP contribution is -2.29. The molecule has 7 heteroatoms. The Labute approximate surface area is 130 Å². The van der Waals surface area contributed by atoms with Gasteiger partial charge in [0.2, 0.25) is 0 Å². The van der Waals surface area contributed by atoms with Gasteiger partial charge in [0.25, 0.3) is 0 Å². The number of rotatable bonds is 4. The van der Waals surface area contributed by atoms with Gasteiger partial charge in [0.1, 0.15) is 0 Å². The van der Waals surface area contributed by atoms with E-state index in [1.165, 1.54) is 0 Å². The van der Waals surface area contributed by atoms with E-state index in [4.69, 9.17) is 0 Å². The molecule has 0 amide bonds. The molecule has 1 fully saturated rings. The summed E-state index contributed by atoms with van der Waals surface area (Å²) in [6.07, 6.45) is -0.802. The average molecular weight is 385 g/mol. The van der Waals surface area contributed by atoms with Crippen molar-refractivity contribution in [2.75, 3.05) is 11.1 Å². The summed E-state index contributed by atoms with van der Waals surface area (Å²) in [6.45, 7) is 0. The second-order valence-corrected chi connectivity index (χ2v) is 8.17. The molecule has 0 N–H and O–H groups in total. The largest absolute Gasteiger partial charge is 0.416 e. The van der Waals surface area contributed by atoms with Crippen LogP contribution in [0.3, 0.4) is 0 Å². The van der Waals surface area contributed by atoms with Crippen LogP contribution in [0.15, 0.2) is 29.2 Å². The van der Waals surface area contributed by atoms with Gasteiger partial charge >= 0.3 is 6.18 Å². The molecule has 0 atom stereocenters. The molecule has 1 saturated carbocycles. The number of halogens is 4. The van der Waals surface area contributed by atoms with E-state index in [2.05, 4.69) is 15.9 Å². The van der Waals surface area contributed by atoms with Gasteiger partial charge in [-0.05, 0) is 42.5 Å². The predicted octanol–water partition coefficient (Wildman–Crippen LogP) is 4.43. The smallest absolute Gasteiger partial charge is 0.224 e. The Morgan fingerprint density at radius 3 is 2.05 bits per heavy atom. The summed E-state index contributed by atoms with van der Waals surface area (Å²) in [5, 5.41) is 0.597. The summed E-state index contributed by atoms with van der Waals surface area (Å²) in [5.41, 5.74) is -1.13. The first kappa shape index (κ1) is 16.8. The van der Waals surface area contributed by atoms with Crippen molar-refractivity contribution >= 4 is 25.8 Å². The highest BCUT2D eigenvalue weighted by Crippen LogP contribution is 2.42. The van der Waals surface area contributed by atoms with Gasteiger partial charge in [0, 0.05) is 5.33 Å². The van der Waals surface area contributed by atoms with Gasteiger partial charge in [-0.1, -0.05) is 28.8 Å². The highest BCUT2D eigenvalue weighted by atomic mass is 79.9. The molecule has 0 radical (unpaired) electrons. The quantitative estimate of drug-likeness (QED) is 0.719. The minimum absolute atomic E-state index is 0.0172. The van der Waals surface area contributed by atoms with Crippen molar-refractivity contribution in [3.8, 4) is 0 Å². The Balaban J connectivity index is 2.24. The molecular weight excluding hydrogens is 369 g/mol. The first-order chi connectivity index (χ1) is 9.69. The van der Waals surface area contributed by atoms with Crippen LogP contribution in [0.1, 0.15) is 31.2 Å². The van der Waals surface area contributed by atoms with E-state index in [0.29, 0.717) is 5.33 Å². The summed E-state index contributed by atoms with van der Waals surface area (Å²) >= 11 is 3.38. The third kappa shape index (κ3) is 3.80. The van der Waals surface area contributed by atoms with Crippen LogP contribution in [0.25, 0.3) is 0 Å². The van der Waals surface area contributed by atoms with Crippen LogP contribution in [-0.4, -0.2) is 19.5 Å². The Hall–Kier alpha value is -0.560. The van der Waals surface area contributed by atoms with Crippen LogP contribution >= 0.6 is 15.9 Å². The summed E-state index contributed by atoms with van der Waals surface area (Å²) < 4.78 is 62.3. The van der Waals surface area contributed by atoms with Crippen molar-refractivity contribution in [2.45, 2.75) is 36.8 Å². The van der Waals surface area contributed by atoms with Crippen molar-refractivity contribution in [1.29, 1.82) is 0 Å². The Morgan fingerprint density at radius 1 is 1.10 bits per heavy atom. The number of alkyl halides is 4. The molecule has 2 rings (SSSR count). The molecule has 2 nitrogen and oxygen atoms in total. The van der Waals surface area contributed by atoms with E-state index in [1.54, 1.807) is 0 Å². The fourth-order valence-electron chi connectivity index (χ4n) is 2.78. The molecule has 1 aromatic carbocycles. The fraction of sp³-hybridized carbons (Fsp3) is 0.571. The standard InChI is InChI=1S/C14H16BrF3O2S/c15-9-13(7-1-2-8-13)10-21(19,20)12-5-3-11(4-6-12)14(16,17)18/h3-6H,1-2,7-10H2.